The molecule has 5 atom stereocenters. The molecule has 0 aliphatic carbocycles. The Bertz CT molecular complexity index is 1030. The molecule has 1 saturated heterocycles. The first-order chi connectivity index (χ1) is 18.7. The number of benzene rings is 2. The summed E-state index contributed by atoms with van der Waals surface area (Å²) in [4.78, 5) is 38.2. The molecule has 1 heterocycles. The Kier molecular flexibility index (Phi) is 10.9. The van der Waals surface area contributed by atoms with Gasteiger partial charge in [0.15, 0.2) is 5.92 Å². The number of rotatable bonds is 12. The van der Waals surface area contributed by atoms with Crippen molar-refractivity contribution in [2.24, 2.45) is 5.92 Å². The standard InChI is InChI=1S/C27H33NO11/c29-14-20-21(30)22(31)23(32)27(36,39-20)26(35)28-13-7-12-19(24(33)37-15-17-8-3-1-4-9-17)25(34)38-16-18-10-5-2-6-11-18/h1-6,8-11,19-23,29-32,36H,7,12-16H2,(H,28,35)/t20-,21+,22+,23-,27+/m1/s1. The smallest absolute Gasteiger partial charge is 0.320 e. The fraction of sp³-hybridized carbons (Fsp3) is 0.444. The van der Waals surface area contributed by atoms with Crippen LogP contribution in [0.5, 0.6) is 0 Å². The number of aliphatic hydroxyl groups excluding tert-OH is 4. The molecule has 1 amide bonds. The van der Waals surface area contributed by atoms with Crippen LogP contribution in [0.15, 0.2) is 60.7 Å². The van der Waals surface area contributed by atoms with E-state index in [2.05, 4.69) is 5.32 Å². The summed E-state index contributed by atoms with van der Waals surface area (Å²) in [5, 5.41) is 51.9. The quantitative estimate of drug-likeness (QED) is 0.110. The molecule has 2 aromatic rings. The van der Waals surface area contributed by atoms with Crippen LogP contribution in [0, 0.1) is 5.92 Å². The van der Waals surface area contributed by atoms with Gasteiger partial charge >= 0.3 is 11.9 Å². The number of carbonyl (C=O) groups excluding carboxylic acids is 3. The Morgan fingerprint density at radius 1 is 0.872 bits per heavy atom. The van der Waals surface area contributed by atoms with E-state index in [0.29, 0.717) is 0 Å². The molecule has 12 heteroatoms. The number of amides is 1. The van der Waals surface area contributed by atoms with Crippen LogP contribution in [0.1, 0.15) is 24.0 Å². The zero-order chi connectivity index (χ0) is 28.4. The molecule has 6 N–H and O–H groups in total. The highest BCUT2D eigenvalue weighted by Crippen LogP contribution is 2.28. The minimum absolute atomic E-state index is 0.0536. The summed E-state index contributed by atoms with van der Waals surface area (Å²) in [6.45, 7) is -1.12. The number of hydrogen-bond acceptors (Lipinski definition) is 11. The zero-order valence-corrected chi connectivity index (χ0v) is 21.1. The Labute approximate surface area is 224 Å². The van der Waals surface area contributed by atoms with Gasteiger partial charge in [0, 0.05) is 6.54 Å². The molecule has 1 aliphatic heterocycles. The molecule has 3 rings (SSSR count). The highest BCUT2D eigenvalue weighted by atomic mass is 16.7. The monoisotopic (exact) mass is 547 g/mol. The van der Waals surface area contributed by atoms with Crippen LogP contribution < -0.4 is 5.32 Å². The Balaban J connectivity index is 1.58. The van der Waals surface area contributed by atoms with Crippen molar-refractivity contribution in [2.45, 2.75) is 56.3 Å². The van der Waals surface area contributed by atoms with E-state index in [9.17, 15) is 39.9 Å². The lowest BCUT2D eigenvalue weighted by molar-refractivity contribution is -0.331. The molecule has 12 nitrogen and oxygen atoms in total. The number of carbonyl (C=O) groups is 3. The Hall–Kier alpha value is -3.39. The second kappa shape index (κ2) is 14.1. The van der Waals surface area contributed by atoms with E-state index < -0.39 is 60.6 Å². The summed E-state index contributed by atoms with van der Waals surface area (Å²) in [6, 6.07) is 17.8. The van der Waals surface area contributed by atoms with Crippen LogP contribution in [-0.4, -0.2) is 86.7 Å². The molecule has 1 fully saturated rings. The second-order valence-electron chi connectivity index (χ2n) is 9.10. The summed E-state index contributed by atoms with van der Waals surface area (Å²) in [5.41, 5.74) is 1.45. The van der Waals surface area contributed by atoms with Gasteiger partial charge in [0.1, 0.15) is 37.6 Å². The van der Waals surface area contributed by atoms with Crippen LogP contribution in [0.4, 0.5) is 0 Å². The third-order valence-corrected chi connectivity index (χ3v) is 6.26. The van der Waals surface area contributed by atoms with Crippen molar-refractivity contribution in [1.29, 1.82) is 0 Å². The molecule has 0 bridgehead atoms. The third kappa shape index (κ3) is 7.82. The maximum atomic E-state index is 12.8. The maximum absolute atomic E-state index is 12.8. The van der Waals surface area contributed by atoms with Gasteiger partial charge in [0.05, 0.1) is 6.61 Å². The molecular weight excluding hydrogens is 514 g/mol. The van der Waals surface area contributed by atoms with Crippen LogP contribution in [0.2, 0.25) is 0 Å². The largest absolute Gasteiger partial charge is 0.460 e. The highest BCUT2D eigenvalue weighted by Gasteiger charge is 2.57. The molecule has 0 aromatic heterocycles. The Morgan fingerprint density at radius 3 is 1.87 bits per heavy atom. The molecular formula is C27H33NO11. The van der Waals surface area contributed by atoms with Crippen LogP contribution >= 0.6 is 0 Å². The van der Waals surface area contributed by atoms with Gasteiger partial charge in [0.2, 0.25) is 0 Å². The average molecular weight is 548 g/mol. The van der Waals surface area contributed by atoms with Crippen molar-refractivity contribution < 1.29 is 54.1 Å². The number of ether oxygens (including phenoxy) is 3. The number of hydrogen-bond donors (Lipinski definition) is 6. The lowest BCUT2D eigenvalue weighted by Crippen LogP contribution is -2.70. The van der Waals surface area contributed by atoms with E-state index in [-0.39, 0.29) is 32.6 Å². The first kappa shape index (κ1) is 30.2. The lowest BCUT2D eigenvalue weighted by Gasteiger charge is -2.44. The number of aliphatic hydroxyl groups is 5. The van der Waals surface area contributed by atoms with E-state index in [1.165, 1.54) is 0 Å². The molecule has 0 unspecified atom stereocenters. The lowest BCUT2D eigenvalue weighted by atomic mass is 9.92. The summed E-state index contributed by atoms with van der Waals surface area (Å²) in [7, 11) is 0. The highest BCUT2D eigenvalue weighted by molar-refractivity contribution is 5.94. The van der Waals surface area contributed by atoms with Gasteiger partial charge in [-0.05, 0) is 24.0 Å². The van der Waals surface area contributed by atoms with E-state index in [0.717, 1.165) is 11.1 Å². The minimum atomic E-state index is -2.95. The van der Waals surface area contributed by atoms with Gasteiger partial charge in [-0.1, -0.05) is 60.7 Å². The minimum Gasteiger partial charge on any atom is -0.460 e. The Morgan fingerprint density at radius 2 is 1.38 bits per heavy atom. The van der Waals surface area contributed by atoms with E-state index in [1.807, 2.05) is 12.1 Å². The van der Waals surface area contributed by atoms with Gasteiger partial charge in [-0.3, -0.25) is 14.4 Å². The van der Waals surface area contributed by atoms with Crippen molar-refractivity contribution in [1.82, 2.24) is 5.32 Å². The third-order valence-electron chi connectivity index (χ3n) is 6.26. The molecule has 39 heavy (non-hydrogen) atoms. The van der Waals surface area contributed by atoms with Gasteiger partial charge in [0.25, 0.3) is 11.7 Å². The molecule has 0 radical (unpaired) electrons. The molecule has 212 valence electrons. The number of esters is 2. The summed E-state index contributed by atoms with van der Waals surface area (Å²) in [6.07, 6.45) is -7.45. The number of nitrogens with one attached hydrogen (secondary N) is 1. The van der Waals surface area contributed by atoms with E-state index in [4.69, 9.17) is 14.2 Å². The van der Waals surface area contributed by atoms with Crippen molar-refractivity contribution >= 4 is 17.8 Å². The van der Waals surface area contributed by atoms with Crippen LogP contribution in [-0.2, 0) is 41.8 Å². The van der Waals surface area contributed by atoms with Gasteiger partial charge in [-0.2, -0.15) is 0 Å². The van der Waals surface area contributed by atoms with Crippen molar-refractivity contribution in [3.63, 3.8) is 0 Å². The topological polar surface area (TPSA) is 192 Å². The first-order valence-corrected chi connectivity index (χ1v) is 12.4. The molecule has 2 aromatic carbocycles. The van der Waals surface area contributed by atoms with E-state index >= 15 is 0 Å². The van der Waals surface area contributed by atoms with Crippen molar-refractivity contribution in [3.8, 4) is 0 Å². The van der Waals surface area contributed by atoms with Crippen LogP contribution in [0.3, 0.4) is 0 Å². The van der Waals surface area contributed by atoms with Crippen molar-refractivity contribution in [2.75, 3.05) is 13.2 Å². The fourth-order valence-corrected chi connectivity index (χ4v) is 3.97. The zero-order valence-electron chi connectivity index (χ0n) is 21.1. The molecule has 1 aliphatic rings. The van der Waals surface area contributed by atoms with Crippen molar-refractivity contribution in [3.05, 3.63) is 71.8 Å². The average Bonchev–Trinajstić information content (AvgIpc) is 2.96. The molecule has 0 saturated carbocycles. The second-order valence-corrected chi connectivity index (χ2v) is 9.10. The molecule has 0 spiro atoms. The van der Waals surface area contributed by atoms with E-state index in [1.54, 1.807) is 48.5 Å². The first-order valence-electron chi connectivity index (χ1n) is 12.4. The van der Waals surface area contributed by atoms with Gasteiger partial charge in [-0.25, -0.2) is 0 Å². The maximum Gasteiger partial charge on any atom is 0.320 e. The summed E-state index contributed by atoms with van der Waals surface area (Å²) >= 11 is 0. The summed E-state index contributed by atoms with van der Waals surface area (Å²) in [5.74, 6) is -7.11. The summed E-state index contributed by atoms with van der Waals surface area (Å²) < 4.78 is 15.6. The predicted octanol–water partition coefficient (Wildman–Crippen LogP) is -0.852. The SMILES string of the molecule is O=C(OCc1ccccc1)C(CCCNC(=O)[C@@]1(O)O[C@H](CO)[C@H](O)[C@H](O)[C@H]1O)C(=O)OCc1ccccc1. The van der Waals surface area contributed by atoms with Gasteiger partial charge < -0.3 is 45.1 Å². The predicted molar refractivity (Wildman–Crippen MR) is 133 cm³/mol. The van der Waals surface area contributed by atoms with Crippen LogP contribution in [0.25, 0.3) is 0 Å². The fourth-order valence-electron chi connectivity index (χ4n) is 3.97. The normalized spacial score (nSPS) is 24.7. The van der Waals surface area contributed by atoms with Gasteiger partial charge in [-0.15, -0.1) is 0 Å².